The smallest absolute Gasteiger partial charge is 0.239 e. The highest BCUT2D eigenvalue weighted by molar-refractivity contribution is 7.88. The van der Waals surface area contributed by atoms with E-state index < -0.39 is 15.9 Å². The standard InChI is InChI=1S/C19H27N3O4S/c1-5-21(6-2)16-9-10-18(15(3)12-16)20-19(23)14-22(27(4,24)25)13-17-8-7-11-26-17/h7-12H,5-6,13-14H2,1-4H3,(H,20,23). The van der Waals surface area contributed by atoms with Gasteiger partial charge in [-0.3, -0.25) is 4.79 Å². The van der Waals surface area contributed by atoms with E-state index >= 15 is 0 Å². The van der Waals surface area contributed by atoms with E-state index in [-0.39, 0.29) is 13.1 Å². The molecule has 0 saturated carbocycles. The molecule has 2 aromatic rings. The van der Waals surface area contributed by atoms with Crippen molar-refractivity contribution in [2.24, 2.45) is 0 Å². The minimum atomic E-state index is -3.56. The first kappa shape index (κ1) is 21.0. The average Bonchev–Trinajstić information content (AvgIpc) is 3.10. The van der Waals surface area contributed by atoms with Gasteiger partial charge in [0.05, 0.1) is 25.6 Å². The zero-order valence-corrected chi connectivity index (χ0v) is 17.0. The molecule has 0 radical (unpaired) electrons. The molecule has 2 rings (SSSR count). The van der Waals surface area contributed by atoms with Crippen molar-refractivity contribution in [3.05, 3.63) is 47.9 Å². The average molecular weight is 394 g/mol. The van der Waals surface area contributed by atoms with Crippen LogP contribution in [0.2, 0.25) is 0 Å². The van der Waals surface area contributed by atoms with E-state index in [0.29, 0.717) is 11.4 Å². The molecule has 0 bridgehead atoms. The van der Waals surface area contributed by atoms with E-state index in [4.69, 9.17) is 4.42 Å². The third-order valence-corrected chi connectivity index (χ3v) is 5.51. The monoisotopic (exact) mass is 393 g/mol. The maximum absolute atomic E-state index is 12.4. The summed E-state index contributed by atoms with van der Waals surface area (Å²) in [4.78, 5) is 14.6. The third-order valence-electron chi connectivity index (χ3n) is 4.31. The van der Waals surface area contributed by atoms with Crippen LogP contribution in [0.3, 0.4) is 0 Å². The molecule has 0 spiro atoms. The molecule has 0 fully saturated rings. The Bertz CT molecular complexity index is 859. The molecule has 0 aliphatic heterocycles. The van der Waals surface area contributed by atoms with Crippen LogP contribution in [0.5, 0.6) is 0 Å². The summed E-state index contributed by atoms with van der Waals surface area (Å²) in [5.74, 6) is 0.0821. The second-order valence-electron chi connectivity index (χ2n) is 6.33. The molecule has 1 aromatic heterocycles. The van der Waals surface area contributed by atoms with Crippen LogP contribution in [-0.4, -0.2) is 44.5 Å². The fraction of sp³-hybridized carbons (Fsp3) is 0.421. The molecule has 0 aliphatic carbocycles. The van der Waals surface area contributed by atoms with Crippen LogP contribution in [0.1, 0.15) is 25.2 Å². The number of rotatable bonds is 9. The van der Waals surface area contributed by atoms with Gasteiger partial charge >= 0.3 is 0 Å². The zero-order chi connectivity index (χ0) is 20.0. The largest absolute Gasteiger partial charge is 0.468 e. The Balaban J connectivity index is 2.09. The number of benzene rings is 1. The number of hydrogen-bond donors (Lipinski definition) is 1. The molecule has 8 heteroatoms. The first-order valence-electron chi connectivity index (χ1n) is 8.87. The van der Waals surface area contributed by atoms with Gasteiger partial charge in [0, 0.05) is 24.5 Å². The van der Waals surface area contributed by atoms with E-state index in [9.17, 15) is 13.2 Å². The minimum Gasteiger partial charge on any atom is -0.468 e. The lowest BCUT2D eigenvalue weighted by molar-refractivity contribution is -0.116. The third kappa shape index (κ3) is 5.83. The molecule has 1 aromatic carbocycles. The predicted octanol–water partition coefficient (Wildman–Crippen LogP) is 2.83. The zero-order valence-electron chi connectivity index (χ0n) is 16.2. The van der Waals surface area contributed by atoms with E-state index in [1.807, 2.05) is 25.1 Å². The fourth-order valence-electron chi connectivity index (χ4n) is 2.79. The molecular formula is C19H27N3O4S. The summed E-state index contributed by atoms with van der Waals surface area (Å²) in [6, 6.07) is 9.16. The van der Waals surface area contributed by atoms with Crippen molar-refractivity contribution in [2.45, 2.75) is 27.3 Å². The summed E-state index contributed by atoms with van der Waals surface area (Å²) in [5, 5.41) is 2.80. The second-order valence-corrected chi connectivity index (χ2v) is 8.31. The maximum Gasteiger partial charge on any atom is 0.239 e. The van der Waals surface area contributed by atoms with Gasteiger partial charge in [0.25, 0.3) is 0 Å². The van der Waals surface area contributed by atoms with Crippen LogP contribution >= 0.6 is 0 Å². The Kier molecular flexibility index (Phi) is 7.04. The molecule has 0 unspecified atom stereocenters. The van der Waals surface area contributed by atoms with Crippen molar-refractivity contribution < 1.29 is 17.6 Å². The van der Waals surface area contributed by atoms with Gasteiger partial charge in [-0.2, -0.15) is 4.31 Å². The van der Waals surface area contributed by atoms with Gasteiger partial charge in [-0.25, -0.2) is 8.42 Å². The van der Waals surface area contributed by atoms with Crippen molar-refractivity contribution in [2.75, 3.05) is 36.1 Å². The van der Waals surface area contributed by atoms with Crippen molar-refractivity contribution in [3.63, 3.8) is 0 Å². The minimum absolute atomic E-state index is 0.0130. The lowest BCUT2D eigenvalue weighted by Crippen LogP contribution is -2.36. The Hall–Kier alpha value is -2.32. The fourth-order valence-corrected chi connectivity index (χ4v) is 3.50. The van der Waals surface area contributed by atoms with Crippen molar-refractivity contribution >= 4 is 27.3 Å². The summed E-state index contributed by atoms with van der Waals surface area (Å²) < 4.78 is 30.3. The van der Waals surface area contributed by atoms with Gasteiger partial charge in [0.2, 0.25) is 15.9 Å². The maximum atomic E-state index is 12.4. The molecule has 1 N–H and O–H groups in total. The Morgan fingerprint density at radius 3 is 2.41 bits per heavy atom. The predicted molar refractivity (Wildman–Crippen MR) is 107 cm³/mol. The topological polar surface area (TPSA) is 82.9 Å². The van der Waals surface area contributed by atoms with E-state index in [1.54, 1.807) is 12.1 Å². The molecule has 7 nitrogen and oxygen atoms in total. The number of nitrogens with zero attached hydrogens (tertiary/aromatic N) is 2. The molecule has 0 saturated heterocycles. The van der Waals surface area contributed by atoms with E-state index in [2.05, 4.69) is 24.1 Å². The summed E-state index contributed by atoms with van der Waals surface area (Å²) in [7, 11) is -3.56. The van der Waals surface area contributed by atoms with Crippen LogP contribution in [-0.2, 0) is 21.4 Å². The number of sulfonamides is 1. The number of aryl methyl sites for hydroxylation is 1. The van der Waals surface area contributed by atoms with Gasteiger partial charge in [0.15, 0.2) is 0 Å². The first-order chi connectivity index (χ1) is 12.7. The number of carbonyl (C=O) groups excluding carboxylic acids is 1. The van der Waals surface area contributed by atoms with Gasteiger partial charge in [-0.1, -0.05) is 0 Å². The van der Waals surface area contributed by atoms with Crippen LogP contribution in [0, 0.1) is 6.92 Å². The van der Waals surface area contributed by atoms with Gasteiger partial charge in [-0.05, 0) is 56.7 Å². The summed E-state index contributed by atoms with van der Waals surface area (Å²) >= 11 is 0. The van der Waals surface area contributed by atoms with E-state index in [1.165, 1.54) is 6.26 Å². The van der Waals surface area contributed by atoms with Crippen molar-refractivity contribution in [1.82, 2.24) is 4.31 Å². The van der Waals surface area contributed by atoms with Crippen molar-refractivity contribution in [1.29, 1.82) is 0 Å². The molecule has 0 aliphatic rings. The number of anilines is 2. The highest BCUT2D eigenvalue weighted by Crippen LogP contribution is 2.22. The van der Waals surface area contributed by atoms with E-state index in [0.717, 1.165) is 34.9 Å². The number of furan rings is 1. The Labute approximate surface area is 161 Å². The normalized spacial score (nSPS) is 11.6. The van der Waals surface area contributed by atoms with Gasteiger partial charge < -0.3 is 14.6 Å². The van der Waals surface area contributed by atoms with Crippen LogP contribution in [0.15, 0.2) is 41.0 Å². The number of hydrogen-bond acceptors (Lipinski definition) is 5. The highest BCUT2D eigenvalue weighted by Gasteiger charge is 2.22. The van der Waals surface area contributed by atoms with Crippen molar-refractivity contribution in [3.8, 4) is 0 Å². The first-order valence-corrected chi connectivity index (χ1v) is 10.7. The summed E-state index contributed by atoms with van der Waals surface area (Å²) in [5.41, 5.74) is 2.68. The molecular weight excluding hydrogens is 366 g/mol. The molecule has 1 heterocycles. The Morgan fingerprint density at radius 1 is 1.19 bits per heavy atom. The van der Waals surface area contributed by atoms with Crippen LogP contribution < -0.4 is 10.2 Å². The number of carbonyl (C=O) groups is 1. The SMILES string of the molecule is CCN(CC)c1ccc(NC(=O)CN(Cc2ccco2)S(C)(=O)=O)c(C)c1. The van der Waals surface area contributed by atoms with Crippen LogP contribution in [0.4, 0.5) is 11.4 Å². The lowest BCUT2D eigenvalue weighted by atomic mass is 10.1. The number of nitrogens with one attached hydrogen (secondary N) is 1. The van der Waals surface area contributed by atoms with Gasteiger partial charge in [-0.15, -0.1) is 0 Å². The highest BCUT2D eigenvalue weighted by atomic mass is 32.2. The summed E-state index contributed by atoms with van der Waals surface area (Å²) in [6.07, 6.45) is 2.55. The molecule has 1 amide bonds. The Morgan fingerprint density at radius 2 is 1.89 bits per heavy atom. The quantitative estimate of drug-likeness (QED) is 0.708. The number of amides is 1. The molecule has 148 valence electrons. The van der Waals surface area contributed by atoms with Gasteiger partial charge in [0.1, 0.15) is 5.76 Å². The second kappa shape index (κ2) is 9.05. The van der Waals surface area contributed by atoms with Crippen LogP contribution in [0.25, 0.3) is 0 Å². The lowest BCUT2D eigenvalue weighted by Gasteiger charge is -2.22. The summed E-state index contributed by atoms with van der Waals surface area (Å²) in [6.45, 7) is 7.63. The molecule has 27 heavy (non-hydrogen) atoms. The molecule has 0 atom stereocenters.